The Morgan fingerprint density at radius 1 is 1.28 bits per heavy atom. The molecular formula is C12H9ClN2OS2. The van der Waals surface area contributed by atoms with E-state index in [-0.39, 0.29) is 5.69 Å². The van der Waals surface area contributed by atoms with Crippen LogP contribution in [-0.2, 0) is 0 Å². The van der Waals surface area contributed by atoms with Crippen LogP contribution in [0, 0.1) is 0 Å². The number of nitrogens with zero attached hydrogens (tertiary/aromatic N) is 2. The number of carbonyl (C=O) groups is 1. The number of hydrogen-bond donors (Lipinski definition) is 0. The molecule has 0 fully saturated rings. The Morgan fingerprint density at radius 3 is 2.61 bits per heavy atom. The molecule has 0 N–H and O–H groups in total. The molecular weight excluding hydrogens is 288 g/mol. The van der Waals surface area contributed by atoms with Gasteiger partial charge >= 0.3 is 0 Å². The Kier molecular flexibility index (Phi) is 4.63. The largest absolute Gasteiger partial charge is 0.274 e. The van der Waals surface area contributed by atoms with Gasteiger partial charge in [-0.15, -0.1) is 0 Å². The fourth-order valence-electron chi connectivity index (χ4n) is 1.28. The molecule has 0 aliphatic rings. The third-order valence-electron chi connectivity index (χ3n) is 2.07. The molecule has 0 saturated heterocycles. The summed E-state index contributed by atoms with van der Waals surface area (Å²) in [6.45, 7) is 0. The topological polar surface area (TPSA) is 42.9 Å². The molecule has 0 unspecified atom stereocenters. The Morgan fingerprint density at radius 2 is 2.00 bits per heavy atom. The Balaban J connectivity index is 2.35. The highest BCUT2D eigenvalue weighted by molar-refractivity contribution is 7.99. The normalized spacial score (nSPS) is 10.3. The quantitative estimate of drug-likeness (QED) is 0.488. The first-order chi connectivity index (χ1) is 8.70. The van der Waals surface area contributed by atoms with E-state index in [9.17, 15) is 4.79 Å². The lowest BCUT2D eigenvalue weighted by Gasteiger charge is -2.05. The van der Waals surface area contributed by atoms with Crippen LogP contribution in [0.25, 0.3) is 0 Å². The average Bonchev–Trinajstić information content (AvgIpc) is 2.40. The van der Waals surface area contributed by atoms with Gasteiger partial charge in [0, 0.05) is 11.1 Å². The number of aromatic nitrogens is 2. The molecule has 0 aliphatic carbocycles. The van der Waals surface area contributed by atoms with Gasteiger partial charge in [-0.05, 0) is 30.0 Å². The zero-order valence-electron chi connectivity index (χ0n) is 9.46. The molecule has 1 aromatic carbocycles. The number of rotatable bonds is 4. The van der Waals surface area contributed by atoms with Crippen LogP contribution in [-0.4, -0.2) is 21.5 Å². The van der Waals surface area contributed by atoms with E-state index in [0.29, 0.717) is 10.1 Å². The predicted molar refractivity (Wildman–Crippen MR) is 74.6 cm³/mol. The summed E-state index contributed by atoms with van der Waals surface area (Å²) in [5.74, 6) is 0. The molecule has 92 valence electrons. The van der Waals surface area contributed by atoms with Gasteiger partial charge in [0.05, 0.1) is 4.90 Å². The number of halogens is 1. The number of thioether (sulfide) groups is 1. The summed E-state index contributed by atoms with van der Waals surface area (Å²) in [5, 5.41) is -0.0254. The van der Waals surface area contributed by atoms with Crippen molar-refractivity contribution < 1.29 is 4.79 Å². The van der Waals surface area contributed by atoms with Gasteiger partial charge in [0.25, 0.3) is 5.24 Å². The minimum Gasteiger partial charge on any atom is -0.274 e. The maximum atomic E-state index is 11.4. The van der Waals surface area contributed by atoms with E-state index in [1.165, 1.54) is 23.5 Å². The van der Waals surface area contributed by atoms with Gasteiger partial charge in [-0.1, -0.05) is 41.7 Å². The van der Waals surface area contributed by atoms with Crippen LogP contribution in [0.1, 0.15) is 10.5 Å². The van der Waals surface area contributed by atoms with Crippen molar-refractivity contribution in [3.05, 3.63) is 42.2 Å². The van der Waals surface area contributed by atoms with Crippen LogP contribution in [0.3, 0.4) is 0 Å². The zero-order chi connectivity index (χ0) is 13.0. The maximum Gasteiger partial charge on any atom is 0.272 e. The van der Waals surface area contributed by atoms with Gasteiger partial charge in [-0.3, -0.25) is 4.79 Å². The SMILES string of the molecule is CSc1ncc(Sc2ccccc2)c(C(=O)Cl)n1. The van der Waals surface area contributed by atoms with Crippen molar-refractivity contribution in [1.29, 1.82) is 0 Å². The second-order valence-corrected chi connectivity index (χ2v) is 5.49. The van der Waals surface area contributed by atoms with Crippen LogP contribution >= 0.6 is 35.1 Å². The van der Waals surface area contributed by atoms with Gasteiger partial charge in [-0.25, -0.2) is 9.97 Å². The Labute approximate surface area is 118 Å². The minimum atomic E-state index is -0.564. The van der Waals surface area contributed by atoms with Crippen molar-refractivity contribution in [3.63, 3.8) is 0 Å². The number of carbonyl (C=O) groups excluding carboxylic acids is 1. The van der Waals surface area contributed by atoms with Crippen LogP contribution in [0.15, 0.2) is 51.5 Å². The van der Waals surface area contributed by atoms with Crippen molar-refractivity contribution in [1.82, 2.24) is 9.97 Å². The number of hydrogen-bond acceptors (Lipinski definition) is 5. The molecule has 0 saturated carbocycles. The lowest BCUT2D eigenvalue weighted by molar-refractivity contribution is 0.107. The summed E-state index contributed by atoms with van der Waals surface area (Å²) in [5.41, 5.74) is 0.255. The van der Waals surface area contributed by atoms with E-state index >= 15 is 0 Å². The monoisotopic (exact) mass is 296 g/mol. The maximum absolute atomic E-state index is 11.4. The molecule has 2 aromatic rings. The Bertz CT molecular complexity index is 563. The second kappa shape index (κ2) is 6.22. The van der Waals surface area contributed by atoms with Crippen LogP contribution in [0.4, 0.5) is 0 Å². The lowest BCUT2D eigenvalue weighted by Crippen LogP contribution is -2.00. The van der Waals surface area contributed by atoms with Gasteiger partial charge in [-0.2, -0.15) is 0 Å². The summed E-state index contributed by atoms with van der Waals surface area (Å²) in [7, 11) is 0. The number of benzene rings is 1. The molecule has 18 heavy (non-hydrogen) atoms. The van der Waals surface area contributed by atoms with Gasteiger partial charge in [0.2, 0.25) is 0 Å². The summed E-state index contributed by atoms with van der Waals surface area (Å²) >= 11 is 8.35. The van der Waals surface area contributed by atoms with Crippen LogP contribution in [0.5, 0.6) is 0 Å². The molecule has 0 radical (unpaired) electrons. The molecule has 6 heteroatoms. The fourth-order valence-corrected chi connectivity index (χ4v) is 2.71. The lowest BCUT2D eigenvalue weighted by atomic mass is 10.4. The highest BCUT2D eigenvalue weighted by Gasteiger charge is 2.14. The first-order valence-electron chi connectivity index (χ1n) is 5.04. The molecule has 0 bridgehead atoms. The smallest absolute Gasteiger partial charge is 0.272 e. The third kappa shape index (κ3) is 3.25. The van der Waals surface area contributed by atoms with Crippen molar-refractivity contribution in [3.8, 4) is 0 Å². The van der Waals surface area contributed by atoms with Gasteiger partial charge in [0.1, 0.15) is 5.69 Å². The molecule has 1 heterocycles. The van der Waals surface area contributed by atoms with Crippen LogP contribution in [0.2, 0.25) is 0 Å². The zero-order valence-corrected chi connectivity index (χ0v) is 11.9. The average molecular weight is 297 g/mol. The van der Waals surface area contributed by atoms with E-state index in [4.69, 9.17) is 11.6 Å². The van der Waals surface area contributed by atoms with E-state index in [2.05, 4.69) is 9.97 Å². The first-order valence-corrected chi connectivity index (χ1v) is 7.46. The summed E-state index contributed by atoms with van der Waals surface area (Å²) < 4.78 is 0. The summed E-state index contributed by atoms with van der Waals surface area (Å²) in [4.78, 5) is 21.3. The third-order valence-corrected chi connectivity index (χ3v) is 3.84. The van der Waals surface area contributed by atoms with E-state index in [1.807, 2.05) is 36.6 Å². The van der Waals surface area contributed by atoms with Crippen molar-refractivity contribution >= 4 is 40.4 Å². The highest BCUT2D eigenvalue weighted by atomic mass is 35.5. The summed E-state index contributed by atoms with van der Waals surface area (Å²) in [6.07, 6.45) is 3.48. The molecule has 0 amide bonds. The standard InChI is InChI=1S/C12H9ClN2OS2/c1-17-12-14-7-9(10(15-12)11(13)16)18-8-5-3-2-4-6-8/h2-7H,1H3. The fraction of sp³-hybridized carbons (Fsp3) is 0.0833. The molecule has 0 atom stereocenters. The molecule has 0 aliphatic heterocycles. The summed E-state index contributed by atoms with van der Waals surface area (Å²) in [6, 6.07) is 9.71. The molecule has 2 rings (SSSR count). The second-order valence-electron chi connectivity index (χ2n) is 3.26. The van der Waals surface area contributed by atoms with Gasteiger partial charge in [0.15, 0.2) is 5.16 Å². The van der Waals surface area contributed by atoms with Crippen molar-refractivity contribution in [2.24, 2.45) is 0 Å². The first kappa shape index (κ1) is 13.4. The van der Waals surface area contributed by atoms with Gasteiger partial charge < -0.3 is 0 Å². The molecule has 3 nitrogen and oxygen atoms in total. The van der Waals surface area contributed by atoms with Crippen molar-refractivity contribution in [2.45, 2.75) is 14.9 Å². The molecule has 0 spiro atoms. The van der Waals surface area contributed by atoms with Crippen molar-refractivity contribution in [2.75, 3.05) is 6.26 Å². The predicted octanol–water partition coefficient (Wildman–Crippen LogP) is 3.73. The highest BCUT2D eigenvalue weighted by Crippen LogP contribution is 2.30. The van der Waals surface area contributed by atoms with Crippen LogP contribution < -0.4 is 0 Å². The minimum absolute atomic E-state index is 0.255. The molecule has 1 aromatic heterocycles. The Hall–Kier alpha value is -1.04. The van der Waals surface area contributed by atoms with E-state index < -0.39 is 5.24 Å². The van der Waals surface area contributed by atoms with E-state index in [0.717, 1.165) is 4.90 Å². The van der Waals surface area contributed by atoms with E-state index in [1.54, 1.807) is 6.20 Å².